The highest BCUT2D eigenvalue weighted by molar-refractivity contribution is 7.09. The zero-order chi connectivity index (χ0) is 9.97. The Balaban J connectivity index is 2.10. The van der Waals surface area contributed by atoms with E-state index in [0.717, 1.165) is 17.2 Å². The highest BCUT2D eigenvalue weighted by Crippen LogP contribution is 2.10. The van der Waals surface area contributed by atoms with Crippen LogP contribution < -0.4 is 5.73 Å². The van der Waals surface area contributed by atoms with Crippen molar-refractivity contribution in [1.29, 1.82) is 0 Å². The summed E-state index contributed by atoms with van der Waals surface area (Å²) in [5.74, 6) is 0. The summed E-state index contributed by atoms with van der Waals surface area (Å²) in [7, 11) is 0. The van der Waals surface area contributed by atoms with Crippen molar-refractivity contribution in [2.75, 3.05) is 0 Å². The van der Waals surface area contributed by atoms with Crippen molar-refractivity contribution in [2.45, 2.75) is 20.0 Å². The zero-order valence-corrected chi connectivity index (χ0v) is 8.79. The molecule has 0 saturated heterocycles. The second kappa shape index (κ2) is 3.89. The minimum absolute atomic E-state index is 0.517. The van der Waals surface area contributed by atoms with Gasteiger partial charge in [0.2, 0.25) is 0 Å². The first-order valence-corrected chi connectivity index (χ1v) is 5.28. The molecule has 0 fully saturated rings. The van der Waals surface area contributed by atoms with E-state index < -0.39 is 0 Å². The van der Waals surface area contributed by atoms with E-state index in [9.17, 15) is 0 Å². The van der Waals surface area contributed by atoms with Crippen LogP contribution in [-0.4, -0.2) is 14.8 Å². The van der Waals surface area contributed by atoms with Gasteiger partial charge in [-0.25, -0.2) is 4.98 Å². The van der Waals surface area contributed by atoms with Crippen molar-refractivity contribution in [3.8, 4) is 0 Å². The summed E-state index contributed by atoms with van der Waals surface area (Å²) >= 11 is 1.60. The molecule has 4 nitrogen and oxygen atoms in total. The number of hydrogen-bond donors (Lipinski definition) is 1. The fraction of sp³-hybridized carbons (Fsp3) is 0.333. The average Bonchev–Trinajstić information content (AvgIpc) is 2.76. The Labute approximate surface area is 86.4 Å². The van der Waals surface area contributed by atoms with Crippen molar-refractivity contribution in [1.82, 2.24) is 14.8 Å². The largest absolute Gasteiger partial charge is 0.325 e. The summed E-state index contributed by atoms with van der Waals surface area (Å²) in [6, 6.07) is 0. The zero-order valence-electron chi connectivity index (χ0n) is 7.97. The van der Waals surface area contributed by atoms with E-state index in [0.29, 0.717) is 6.54 Å². The van der Waals surface area contributed by atoms with Crippen molar-refractivity contribution < 1.29 is 0 Å². The molecule has 2 heterocycles. The molecular formula is C9H12N4S. The topological polar surface area (TPSA) is 56.7 Å². The molecule has 0 saturated carbocycles. The number of nitrogens with zero attached hydrogens (tertiary/aromatic N) is 3. The molecule has 2 rings (SSSR count). The van der Waals surface area contributed by atoms with Crippen LogP contribution in [0.2, 0.25) is 0 Å². The number of nitrogens with two attached hydrogens (primary N) is 1. The Hall–Kier alpha value is -1.20. The third-order valence-corrected chi connectivity index (χ3v) is 2.78. The molecule has 0 aliphatic heterocycles. The summed E-state index contributed by atoms with van der Waals surface area (Å²) in [5.41, 5.74) is 7.68. The fourth-order valence-electron chi connectivity index (χ4n) is 1.23. The van der Waals surface area contributed by atoms with E-state index in [1.165, 1.54) is 5.56 Å². The molecule has 74 valence electrons. The third kappa shape index (κ3) is 2.00. The molecule has 0 spiro atoms. The van der Waals surface area contributed by atoms with Gasteiger partial charge in [0, 0.05) is 18.1 Å². The van der Waals surface area contributed by atoms with Crippen molar-refractivity contribution in [3.63, 3.8) is 0 Å². The summed E-state index contributed by atoms with van der Waals surface area (Å²) < 4.78 is 1.88. The first kappa shape index (κ1) is 9.36. The molecule has 0 atom stereocenters. The van der Waals surface area contributed by atoms with Gasteiger partial charge in [-0.05, 0) is 12.5 Å². The van der Waals surface area contributed by atoms with E-state index in [1.807, 2.05) is 29.4 Å². The third-order valence-electron chi connectivity index (χ3n) is 1.86. The quantitative estimate of drug-likeness (QED) is 0.823. The van der Waals surface area contributed by atoms with E-state index in [-0.39, 0.29) is 0 Å². The summed E-state index contributed by atoms with van der Waals surface area (Å²) in [6.45, 7) is 3.27. The standard InChI is InChI=1S/C9H12N4S/c1-7-3-11-13(4-7)5-8-6-14-9(2-10)12-8/h3-4,6H,2,5,10H2,1H3. The van der Waals surface area contributed by atoms with Gasteiger partial charge in [-0.3, -0.25) is 4.68 Å². The maximum Gasteiger partial charge on any atom is 0.107 e. The molecule has 0 aromatic carbocycles. The number of rotatable bonds is 3. The fourth-order valence-corrected chi connectivity index (χ4v) is 1.90. The number of hydrogen-bond acceptors (Lipinski definition) is 4. The molecule has 2 aromatic heterocycles. The number of aryl methyl sites for hydroxylation is 1. The minimum atomic E-state index is 0.517. The van der Waals surface area contributed by atoms with Crippen LogP contribution in [0.4, 0.5) is 0 Å². The van der Waals surface area contributed by atoms with Crippen LogP contribution in [0.3, 0.4) is 0 Å². The minimum Gasteiger partial charge on any atom is -0.325 e. The maximum atomic E-state index is 5.49. The molecule has 14 heavy (non-hydrogen) atoms. The summed E-state index contributed by atoms with van der Waals surface area (Å²) in [5, 5.41) is 7.20. The molecule has 2 aromatic rings. The normalized spacial score (nSPS) is 10.7. The van der Waals surface area contributed by atoms with Crippen LogP contribution in [0.1, 0.15) is 16.3 Å². The van der Waals surface area contributed by atoms with Crippen LogP contribution in [0.15, 0.2) is 17.8 Å². The van der Waals surface area contributed by atoms with Gasteiger partial charge in [-0.15, -0.1) is 11.3 Å². The molecule has 0 unspecified atom stereocenters. The van der Waals surface area contributed by atoms with Gasteiger partial charge in [0.15, 0.2) is 0 Å². The van der Waals surface area contributed by atoms with Gasteiger partial charge < -0.3 is 5.73 Å². The van der Waals surface area contributed by atoms with Crippen molar-refractivity contribution >= 4 is 11.3 Å². The Bertz CT molecular complexity index is 418. The Morgan fingerprint density at radius 1 is 1.57 bits per heavy atom. The highest BCUT2D eigenvalue weighted by Gasteiger charge is 2.01. The average molecular weight is 208 g/mol. The second-order valence-electron chi connectivity index (χ2n) is 3.15. The predicted molar refractivity (Wildman–Crippen MR) is 56.1 cm³/mol. The number of aromatic nitrogens is 3. The second-order valence-corrected chi connectivity index (χ2v) is 4.09. The molecule has 2 N–H and O–H groups in total. The lowest BCUT2D eigenvalue weighted by molar-refractivity contribution is 0.673. The first-order valence-electron chi connectivity index (χ1n) is 4.40. The Morgan fingerprint density at radius 3 is 3.00 bits per heavy atom. The molecule has 5 heteroatoms. The summed E-state index contributed by atoms with van der Waals surface area (Å²) in [4.78, 5) is 4.37. The van der Waals surface area contributed by atoms with Crippen LogP contribution in [0.25, 0.3) is 0 Å². The first-order chi connectivity index (χ1) is 6.78. The lowest BCUT2D eigenvalue weighted by atomic mass is 10.4. The van der Waals surface area contributed by atoms with Gasteiger partial charge in [0.1, 0.15) is 5.01 Å². The van der Waals surface area contributed by atoms with Crippen molar-refractivity contribution in [2.24, 2.45) is 5.73 Å². The molecule has 0 radical (unpaired) electrons. The van der Waals surface area contributed by atoms with Gasteiger partial charge in [0.25, 0.3) is 0 Å². The van der Waals surface area contributed by atoms with Crippen LogP contribution in [-0.2, 0) is 13.1 Å². The Morgan fingerprint density at radius 2 is 2.43 bits per heavy atom. The van der Waals surface area contributed by atoms with Gasteiger partial charge >= 0.3 is 0 Å². The van der Waals surface area contributed by atoms with Crippen molar-refractivity contribution in [3.05, 3.63) is 34.0 Å². The SMILES string of the molecule is Cc1cnn(Cc2csc(CN)n2)c1. The molecular weight excluding hydrogens is 196 g/mol. The van der Waals surface area contributed by atoms with Gasteiger partial charge in [-0.1, -0.05) is 0 Å². The van der Waals surface area contributed by atoms with Gasteiger partial charge in [0.05, 0.1) is 18.4 Å². The van der Waals surface area contributed by atoms with Crippen LogP contribution >= 0.6 is 11.3 Å². The summed E-state index contributed by atoms with van der Waals surface area (Å²) in [6.07, 6.45) is 3.84. The highest BCUT2D eigenvalue weighted by atomic mass is 32.1. The smallest absolute Gasteiger partial charge is 0.107 e. The van der Waals surface area contributed by atoms with Gasteiger partial charge in [-0.2, -0.15) is 5.10 Å². The van der Waals surface area contributed by atoms with E-state index in [1.54, 1.807) is 11.3 Å². The van der Waals surface area contributed by atoms with E-state index >= 15 is 0 Å². The van der Waals surface area contributed by atoms with E-state index in [4.69, 9.17) is 5.73 Å². The number of thiazole rings is 1. The molecule has 0 aliphatic rings. The molecule has 0 aliphatic carbocycles. The van der Waals surface area contributed by atoms with Crippen LogP contribution in [0, 0.1) is 6.92 Å². The maximum absolute atomic E-state index is 5.49. The van der Waals surface area contributed by atoms with E-state index in [2.05, 4.69) is 10.1 Å². The molecule has 0 bridgehead atoms. The van der Waals surface area contributed by atoms with Crippen LogP contribution in [0.5, 0.6) is 0 Å². The predicted octanol–water partition coefficient (Wildman–Crippen LogP) is 1.16. The lowest BCUT2D eigenvalue weighted by Gasteiger charge is -1.95. The monoisotopic (exact) mass is 208 g/mol. The lowest BCUT2D eigenvalue weighted by Crippen LogP contribution is -2.01. The Kier molecular flexibility index (Phi) is 2.60. The molecule has 0 amide bonds.